The maximum atomic E-state index is 11.1. The van der Waals surface area contributed by atoms with Crippen molar-refractivity contribution in [1.82, 2.24) is 15.0 Å². The number of fused-ring (bicyclic) bond motifs is 1. The standard InChI is InChI=1S/C11H12ClN3O2/c1-4(2)9-13-5(3)6-7(11(16)17)8(12)14-10(6)15-9/h4H,1-3H3,(H,16,17)(H,13,14,15). The van der Waals surface area contributed by atoms with E-state index in [1.165, 1.54) is 0 Å². The van der Waals surface area contributed by atoms with Crippen molar-refractivity contribution < 1.29 is 9.90 Å². The third kappa shape index (κ3) is 1.86. The van der Waals surface area contributed by atoms with Crippen LogP contribution in [-0.2, 0) is 0 Å². The van der Waals surface area contributed by atoms with Gasteiger partial charge in [0.05, 0.1) is 11.1 Å². The van der Waals surface area contributed by atoms with Crippen LogP contribution >= 0.6 is 11.6 Å². The molecule has 17 heavy (non-hydrogen) atoms. The van der Waals surface area contributed by atoms with Crippen molar-refractivity contribution in [3.63, 3.8) is 0 Å². The summed E-state index contributed by atoms with van der Waals surface area (Å²) >= 11 is 5.86. The van der Waals surface area contributed by atoms with Gasteiger partial charge in [0.1, 0.15) is 22.2 Å². The molecule has 6 heteroatoms. The average molecular weight is 254 g/mol. The fourth-order valence-electron chi connectivity index (χ4n) is 1.72. The van der Waals surface area contributed by atoms with Crippen LogP contribution in [0.15, 0.2) is 0 Å². The summed E-state index contributed by atoms with van der Waals surface area (Å²) in [6, 6.07) is 0. The summed E-state index contributed by atoms with van der Waals surface area (Å²) in [6.07, 6.45) is 0. The smallest absolute Gasteiger partial charge is 0.339 e. The quantitative estimate of drug-likeness (QED) is 0.863. The zero-order valence-corrected chi connectivity index (χ0v) is 10.5. The zero-order chi connectivity index (χ0) is 12.7. The number of carboxylic acids is 1. The largest absolute Gasteiger partial charge is 0.478 e. The molecule has 0 amide bonds. The number of nitrogens with one attached hydrogen (secondary N) is 1. The van der Waals surface area contributed by atoms with Gasteiger partial charge in [0.2, 0.25) is 0 Å². The Kier molecular flexibility index (Phi) is 2.79. The number of nitrogens with zero attached hydrogens (tertiary/aromatic N) is 2. The van der Waals surface area contributed by atoms with Gasteiger partial charge in [0.15, 0.2) is 0 Å². The molecule has 0 aromatic carbocycles. The molecular weight excluding hydrogens is 242 g/mol. The van der Waals surface area contributed by atoms with Crippen LogP contribution in [0, 0.1) is 6.92 Å². The number of aromatic nitrogens is 3. The maximum Gasteiger partial charge on any atom is 0.339 e. The third-order valence-corrected chi connectivity index (χ3v) is 2.82. The Morgan fingerprint density at radius 2 is 2.06 bits per heavy atom. The van der Waals surface area contributed by atoms with E-state index in [4.69, 9.17) is 16.7 Å². The lowest BCUT2D eigenvalue weighted by Gasteiger charge is -2.05. The molecule has 0 aliphatic rings. The second-order valence-corrected chi connectivity index (χ2v) is 4.54. The molecule has 0 fully saturated rings. The van der Waals surface area contributed by atoms with Gasteiger partial charge < -0.3 is 10.1 Å². The fraction of sp³-hybridized carbons (Fsp3) is 0.364. The highest BCUT2D eigenvalue weighted by Gasteiger charge is 2.21. The van der Waals surface area contributed by atoms with Gasteiger partial charge in [0, 0.05) is 5.92 Å². The van der Waals surface area contributed by atoms with Crippen molar-refractivity contribution >= 4 is 28.6 Å². The molecular formula is C11H12ClN3O2. The molecule has 0 bridgehead atoms. The molecule has 5 nitrogen and oxygen atoms in total. The van der Waals surface area contributed by atoms with Crippen LogP contribution in [0.1, 0.15) is 41.6 Å². The Morgan fingerprint density at radius 1 is 1.41 bits per heavy atom. The summed E-state index contributed by atoms with van der Waals surface area (Å²) in [5.41, 5.74) is 1.14. The van der Waals surface area contributed by atoms with Crippen LogP contribution < -0.4 is 0 Å². The lowest BCUT2D eigenvalue weighted by Crippen LogP contribution is -2.02. The number of halogens is 1. The van der Waals surface area contributed by atoms with Crippen molar-refractivity contribution in [1.29, 1.82) is 0 Å². The van der Waals surface area contributed by atoms with E-state index in [1.807, 2.05) is 13.8 Å². The van der Waals surface area contributed by atoms with Crippen LogP contribution in [0.3, 0.4) is 0 Å². The van der Waals surface area contributed by atoms with Crippen LogP contribution in [0.25, 0.3) is 11.0 Å². The molecule has 0 saturated carbocycles. The lowest BCUT2D eigenvalue weighted by atomic mass is 10.1. The summed E-state index contributed by atoms with van der Waals surface area (Å²) in [6.45, 7) is 5.71. The predicted molar refractivity (Wildman–Crippen MR) is 64.7 cm³/mol. The van der Waals surface area contributed by atoms with Gasteiger partial charge in [-0.1, -0.05) is 25.4 Å². The number of aromatic amines is 1. The Morgan fingerprint density at radius 3 is 2.59 bits per heavy atom. The molecule has 90 valence electrons. The number of H-pyrrole nitrogens is 1. The summed E-state index contributed by atoms with van der Waals surface area (Å²) in [5, 5.41) is 9.66. The van der Waals surface area contributed by atoms with E-state index in [9.17, 15) is 4.79 Å². The second kappa shape index (κ2) is 4.00. The number of carbonyl (C=O) groups is 1. The predicted octanol–water partition coefficient (Wildman–Crippen LogP) is 2.74. The number of hydrogen-bond acceptors (Lipinski definition) is 3. The minimum absolute atomic E-state index is 0.0365. The third-order valence-electron chi connectivity index (χ3n) is 2.54. The Bertz CT molecular complexity index is 604. The van der Waals surface area contributed by atoms with Crippen LogP contribution in [0.2, 0.25) is 5.15 Å². The highest BCUT2D eigenvalue weighted by Crippen LogP contribution is 2.28. The SMILES string of the molecule is Cc1nc(C(C)C)nc2[nH]c(Cl)c(C(=O)O)c12. The van der Waals surface area contributed by atoms with Gasteiger partial charge in [-0.2, -0.15) is 0 Å². The number of aromatic carboxylic acids is 1. The molecule has 0 spiro atoms. The number of aryl methyl sites for hydroxylation is 1. The average Bonchev–Trinajstić information content (AvgIpc) is 2.54. The van der Waals surface area contributed by atoms with E-state index >= 15 is 0 Å². The Balaban J connectivity index is 2.82. The first-order chi connectivity index (χ1) is 7.91. The first-order valence-electron chi connectivity index (χ1n) is 5.20. The first-order valence-corrected chi connectivity index (χ1v) is 5.58. The molecule has 2 aromatic heterocycles. The van der Waals surface area contributed by atoms with Gasteiger partial charge in [-0.25, -0.2) is 14.8 Å². The van der Waals surface area contributed by atoms with Gasteiger partial charge in [-0.3, -0.25) is 0 Å². The zero-order valence-electron chi connectivity index (χ0n) is 9.71. The molecule has 2 heterocycles. The van der Waals surface area contributed by atoms with Gasteiger partial charge in [-0.15, -0.1) is 0 Å². The van der Waals surface area contributed by atoms with E-state index in [1.54, 1.807) is 6.92 Å². The van der Waals surface area contributed by atoms with Crippen molar-refractivity contribution in [2.75, 3.05) is 0 Å². The van der Waals surface area contributed by atoms with Crippen molar-refractivity contribution in [2.24, 2.45) is 0 Å². The summed E-state index contributed by atoms with van der Waals surface area (Å²) in [4.78, 5) is 22.5. The minimum atomic E-state index is -1.08. The fourth-order valence-corrected chi connectivity index (χ4v) is 1.98. The van der Waals surface area contributed by atoms with Crippen molar-refractivity contribution in [2.45, 2.75) is 26.7 Å². The lowest BCUT2D eigenvalue weighted by molar-refractivity contribution is 0.0699. The van der Waals surface area contributed by atoms with Crippen LogP contribution in [0.4, 0.5) is 0 Å². The second-order valence-electron chi connectivity index (χ2n) is 4.16. The molecule has 2 N–H and O–H groups in total. The van der Waals surface area contributed by atoms with E-state index in [0.29, 0.717) is 22.6 Å². The topological polar surface area (TPSA) is 78.9 Å². The molecule has 0 aliphatic heterocycles. The molecule has 0 radical (unpaired) electrons. The number of rotatable bonds is 2. The van der Waals surface area contributed by atoms with Gasteiger partial charge in [0.25, 0.3) is 0 Å². The number of hydrogen-bond donors (Lipinski definition) is 2. The molecule has 0 unspecified atom stereocenters. The van der Waals surface area contributed by atoms with E-state index < -0.39 is 5.97 Å². The summed E-state index contributed by atoms with van der Waals surface area (Å²) in [7, 11) is 0. The van der Waals surface area contributed by atoms with E-state index in [0.717, 1.165) is 0 Å². The summed E-state index contributed by atoms with van der Waals surface area (Å²) < 4.78 is 0. The van der Waals surface area contributed by atoms with Gasteiger partial charge in [-0.05, 0) is 6.92 Å². The molecule has 2 aromatic rings. The van der Waals surface area contributed by atoms with Crippen molar-refractivity contribution in [3.8, 4) is 0 Å². The number of carboxylic acid groups (broad SMARTS) is 1. The normalized spacial score (nSPS) is 11.4. The Labute approximate surface area is 103 Å². The van der Waals surface area contributed by atoms with Crippen LogP contribution in [0.5, 0.6) is 0 Å². The van der Waals surface area contributed by atoms with Crippen LogP contribution in [-0.4, -0.2) is 26.0 Å². The maximum absolute atomic E-state index is 11.1. The molecule has 0 aliphatic carbocycles. The van der Waals surface area contributed by atoms with E-state index in [2.05, 4.69) is 15.0 Å². The first kappa shape index (κ1) is 11.9. The molecule has 2 rings (SSSR count). The highest BCUT2D eigenvalue weighted by atomic mass is 35.5. The molecule has 0 atom stereocenters. The van der Waals surface area contributed by atoms with Gasteiger partial charge >= 0.3 is 5.97 Å². The minimum Gasteiger partial charge on any atom is -0.478 e. The summed E-state index contributed by atoms with van der Waals surface area (Å²) in [5.74, 6) is -0.233. The Hall–Kier alpha value is -1.62. The van der Waals surface area contributed by atoms with Crippen molar-refractivity contribution in [3.05, 3.63) is 22.2 Å². The monoisotopic (exact) mass is 253 g/mol. The van der Waals surface area contributed by atoms with E-state index in [-0.39, 0.29) is 16.6 Å². The highest BCUT2D eigenvalue weighted by molar-refractivity contribution is 6.34. The molecule has 0 saturated heterocycles.